The van der Waals surface area contributed by atoms with Gasteiger partial charge in [-0.3, -0.25) is 9.59 Å². The van der Waals surface area contributed by atoms with E-state index in [1.165, 1.54) is 0 Å². The van der Waals surface area contributed by atoms with Crippen molar-refractivity contribution in [3.63, 3.8) is 0 Å². The lowest BCUT2D eigenvalue weighted by Gasteiger charge is -2.44. The van der Waals surface area contributed by atoms with E-state index in [1.807, 2.05) is 6.92 Å². The summed E-state index contributed by atoms with van der Waals surface area (Å²) in [6.45, 7) is 9.00. The Bertz CT molecular complexity index is 378. The van der Waals surface area contributed by atoms with Gasteiger partial charge in [0.1, 0.15) is 11.6 Å². The van der Waals surface area contributed by atoms with Crippen LogP contribution in [0.4, 0.5) is 0 Å². The molecule has 2 rings (SSSR count). The smallest absolute Gasteiger partial charge is 0.248 e. The molecule has 1 heterocycles. The fourth-order valence-corrected chi connectivity index (χ4v) is 3.05. The third-order valence-corrected chi connectivity index (χ3v) is 4.44. The topological polar surface area (TPSA) is 49.4 Å². The van der Waals surface area contributed by atoms with Gasteiger partial charge in [-0.15, -0.1) is 0 Å². The molecule has 1 aliphatic heterocycles. The van der Waals surface area contributed by atoms with Crippen LogP contribution in [0.25, 0.3) is 0 Å². The predicted molar refractivity (Wildman–Crippen MR) is 74.6 cm³/mol. The predicted octanol–water partition coefficient (Wildman–Crippen LogP) is 2.08. The zero-order valence-electron chi connectivity index (χ0n) is 12.6. The monoisotopic (exact) mass is 266 g/mol. The number of hydrogen-bond donors (Lipinski definition) is 1. The fraction of sp³-hybridized carbons (Fsp3) is 0.867. The zero-order valence-corrected chi connectivity index (χ0v) is 12.6. The molecule has 2 aliphatic rings. The molecule has 2 amide bonds. The van der Waals surface area contributed by atoms with Crippen LogP contribution in [0.1, 0.15) is 59.8 Å². The van der Waals surface area contributed by atoms with Crippen molar-refractivity contribution < 1.29 is 9.59 Å². The summed E-state index contributed by atoms with van der Waals surface area (Å²) in [7, 11) is 0. The van der Waals surface area contributed by atoms with Crippen LogP contribution in [0.3, 0.4) is 0 Å². The number of nitrogens with zero attached hydrogens (tertiary/aromatic N) is 1. The third-order valence-electron chi connectivity index (χ3n) is 4.44. The van der Waals surface area contributed by atoms with Crippen molar-refractivity contribution in [2.45, 2.75) is 71.4 Å². The molecule has 4 heteroatoms. The standard InChI is InChI=1S/C15H26N2O2/c1-11-12(18)16-15(7-5-6-8-15)13(19)17(11)10-9-14(2,3)4/h11H,5-10H2,1-4H3,(H,16,18). The second-order valence-corrected chi connectivity index (χ2v) is 7.26. The normalized spacial score (nSPS) is 26.9. The van der Waals surface area contributed by atoms with Gasteiger partial charge < -0.3 is 10.2 Å². The first-order valence-electron chi connectivity index (χ1n) is 7.38. The first-order chi connectivity index (χ1) is 8.75. The number of rotatable bonds is 2. The third kappa shape index (κ3) is 2.77. The van der Waals surface area contributed by atoms with Gasteiger partial charge in [0.05, 0.1) is 0 Å². The molecule has 0 aromatic heterocycles. The molecule has 2 fully saturated rings. The molecule has 4 nitrogen and oxygen atoms in total. The van der Waals surface area contributed by atoms with Gasteiger partial charge in [-0.25, -0.2) is 0 Å². The van der Waals surface area contributed by atoms with E-state index in [1.54, 1.807) is 4.90 Å². The molecule has 1 saturated heterocycles. The average molecular weight is 266 g/mol. The van der Waals surface area contributed by atoms with Gasteiger partial charge in [-0.2, -0.15) is 0 Å². The van der Waals surface area contributed by atoms with Crippen molar-refractivity contribution in [3.05, 3.63) is 0 Å². The van der Waals surface area contributed by atoms with Gasteiger partial charge in [0.2, 0.25) is 11.8 Å². The van der Waals surface area contributed by atoms with Crippen LogP contribution in [-0.2, 0) is 9.59 Å². The highest BCUT2D eigenvalue weighted by molar-refractivity contribution is 5.99. The molecule has 1 spiro atoms. The molecular weight excluding hydrogens is 240 g/mol. The van der Waals surface area contributed by atoms with E-state index in [-0.39, 0.29) is 23.3 Å². The average Bonchev–Trinajstić information content (AvgIpc) is 2.75. The number of nitrogens with one attached hydrogen (secondary N) is 1. The molecule has 0 bridgehead atoms. The van der Waals surface area contributed by atoms with Crippen molar-refractivity contribution in [3.8, 4) is 0 Å². The van der Waals surface area contributed by atoms with E-state index >= 15 is 0 Å². The van der Waals surface area contributed by atoms with Gasteiger partial charge in [0.15, 0.2) is 0 Å². The van der Waals surface area contributed by atoms with Crippen molar-refractivity contribution in [1.29, 1.82) is 0 Å². The number of piperazine rings is 1. The number of amides is 2. The number of hydrogen-bond acceptors (Lipinski definition) is 2. The second kappa shape index (κ2) is 4.80. The van der Waals surface area contributed by atoms with Gasteiger partial charge in [0, 0.05) is 6.54 Å². The maximum atomic E-state index is 12.7. The lowest BCUT2D eigenvalue weighted by atomic mass is 9.88. The Labute approximate surface area is 115 Å². The van der Waals surface area contributed by atoms with Crippen LogP contribution >= 0.6 is 0 Å². The molecule has 0 radical (unpaired) electrons. The van der Waals surface area contributed by atoms with Crippen LogP contribution < -0.4 is 5.32 Å². The minimum absolute atomic E-state index is 0.00964. The second-order valence-electron chi connectivity index (χ2n) is 7.26. The van der Waals surface area contributed by atoms with E-state index in [0.29, 0.717) is 6.54 Å². The Morgan fingerprint density at radius 3 is 2.37 bits per heavy atom. The fourth-order valence-electron chi connectivity index (χ4n) is 3.05. The van der Waals surface area contributed by atoms with Crippen molar-refractivity contribution in [1.82, 2.24) is 10.2 Å². The molecule has 19 heavy (non-hydrogen) atoms. The molecule has 0 aromatic carbocycles. The largest absolute Gasteiger partial charge is 0.340 e. The maximum Gasteiger partial charge on any atom is 0.248 e. The summed E-state index contributed by atoms with van der Waals surface area (Å²) < 4.78 is 0. The van der Waals surface area contributed by atoms with Gasteiger partial charge >= 0.3 is 0 Å². The van der Waals surface area contributed by atoms with Gasteiger partial charge in [-0.05, 0) is 31.6 Å². The van der Waals surface area contributed by atoms with Crippen LogP contribution in [-0.4, -0.2) is 34.8 Å². The molecule has 1 aliphatic carbocycles. The van der Waals surface area contributed by atoms with Crippen molar-refractivity contribution in [2.24, 2.45) is 5.41 Å². The van der Waals surface area contributed by atoms with Crippen LogP contribution in [0, 0.1) is 5.41 Å². The summed E-state index contributed by atoms with van der Waals surface area (Å²) in [5, 5.41) is 2.99. The molecule has 1 N–H and O–H groups in total. The Morgan fingerprint density at radius 1 is 1.26 bits per heavy atom. The number of carbonyl (C=O) groups is 2. The van der Waals surface area contributed by atoms with Crippen LogP contribution in [0.5, 0.6) is 0 Å². The van der Waals surface area contributed by atoms with E-state index in [9.17, 15) is 9.59 Å². The highest BCUT2D eigenvalue weighted by atomic mass is 16.2. The Morgan fingerprint density at radius 2 is 1.84 bits per heavy atom. The lowest BCUT2D eigenvalue weighted by molar-refractivity contribution is -0.154. The Balaban J connectivity index is 2.15. The SMILES string of the molecule is CC1C(=O)NC2(CCCC2)C(=O)N1CCC(C)(C)C. The summed E-state index contributed by atoms with van der Waals surface area (Å²) in [4.78, 5) is 26.7. The summed E-state index contributed by atoms with van der Waals surface area (Å²) in [6.07, 6.45) is 4.60. The van der Waals surface area contributed by atoms with E-state index in [4.69, 9.17) is 0 Å². The lowest BCUT2D eigenvalue weighted by Crippen LogP contribution is -2.68. The summed E-state index contributed by atoms with van der Waals surface area (Å²) in [5.74, 6) is 0.150. The Hall–Kier alpha value is -1.06. The highest BCUT2D eigenvalue weighted by Crippen LogP contribution is 2.35. The summed E-state index contributed by atoms with van der Waals surface area (Å²) >= 11 is 0. The van der Waals surface area contributed by atoms with E-state index in [2.05, 4.69) is 26.1 Å². The molecular formula is C15H26N2O2. The van der Waals surface area contributed by atoms with Crippen LogP contribution in [0.15, 0.2) is 0 Å². The highest BCUT2D eigenvalue weighted by Gasteiger charge is 2.50. The van der Waals surface area contributed by atoms with Crippen molar-refractivity contribution in [2.75, 3.05) is 6.54 Å². The molecule has 1 unspecified atom stereocenters. The van der Waals surface area contributed by atoms with Crippen LogP contribution in [0.2, 0.25) is 0 Å². The first kappa shape index (κ1) is 14.4. The minimum atomic E-state index is -0.582. The van der Waals surface area contributed by atoms with Gasteiger partial charge in [0.25, 0.3) is 0 Å². The van der Waals surface area contributed by atoms with Gasteiger partial charge in [-0.1, -0.05) is 33.6 Å². The Kier molecular flexibility index (Phi) is 3.63. The molecule has 1 saturated carbocycles. The van der Waals surface area contributed by atoms with Crippen molar-refractivity contribution >= 4 is 11.8 Å². The maximum absolute atomic E-state index is 12.7. The molecule has 0 aromatic rings. The number of carbonyl (C=O) groups excluding carboxylic acids is 2. The first-order valence-corrected chi connectivity index (χ1v) is 7.38. The summed E-state index contributed by atoms with van der Waals surface area (Å²) in [5.41, 5.74) is -0.405. The van der Waals surface area contributed by atoms with E-state index in [0.717, 1.165) is 32.1 Å². The quantitative estimate of drug-likeness (QED) is 0.832. The minimum Gasteiger partial charge on any atom is -0.340 e. The zero-order chi connectivity index (χ0) is 14.3. The summed E-state index contributed by atoms with van der Waals surface area (Å²) in [6, 6.07) is -0.332. The van der Waals surface area contributed by atoms with E-state index < -0.39 is 5.54 Å². The molecule has 1 atom stereocenters. The molecule has 108 valence electrons.